The van der Waals surface area contributed by atoms with Crippen LogP contribution in [0.25, 0.3) is 49.9 Å². The van der Waals surface area contributed by atoms with Gasteiger partial charge >= 0.3 is 0 Å². The molecule has 0 fully saturated rings. The first-order valence-corrected chi connectivity index (χ1v) is 27.1. The number of hydrogen-bond acceptors (Lipinski definition) is 4. The summed E-state index contributed by atoms with van der Waals surface area (Å²) in [4.78, 5) is 7.42. The van der Waals surface area contributed by atoms with Gasteiger partial charge < -0.3 is 15.0 Å². The van der Waals surface area contributed by atoms with Gasteiger partial charge in [-0.1, -0.05) is 207 Å². The fourth-order valence-corrected chi connectivity index (χ4v) is 17.9. The van der Waals surface area contributed by atoms with Gasteiger partial charge in [0.1, 0.15) is 17.3 Å². The predicted octanol–water partition coefficient (Wildman–Crippen LogP) is 12.4. The van der Waals surface area contributed by atoms with Gasteiger partial charge in [-0.2, -0.15) is 0 Å². The first-order valence-electron chi connectivity index (χ1n) is 25.1. The van der Waals surface area contributed by atoms with Crippen LogP contribution in [0, 0.1) is 0 Å². The van der Waals surface area contributed by atoms with Crippen molar-refractivity contribution in [3.05, 3.63) is 230 Å². The molecule has 7 heteroatoms. The Hall–Kier alpha value is -8.39. The first kappa shape index (κ1) is 43.6. The molecular formula is C65H53BN4OSi. The van der Waals surface area contributed by atoms with Crippen LogP contribution in [0.1, 0.15) is 26.3 Å². The molecule has 346 valence electrons. The van der Waals surface area contributed by atoms with Crippen molar-refractivity contribution in [2.45, 2.75) is 33.0 Å². The quantitative estimate of drug-likeness (QED) is 0.146. The van der Waals surface area contributed by atoms with Crippen LogP contribution in [-0.4, -0.2) is 31.4 Å². The Kier molecular flexibility index (Phi) is 10.2. The number of ether oxygens (including phenoxy) is 1. The van der Waals surface area contributed by atoms with Gasteiger partial charge in [-0.15, -0.1) is 0 Å². The normalized spacial score (nSPS) is 13.2. The number of pyridine rings is 1. The standard InChI is InChI=1S/C65H53BN4OSi/c1-65(2,3)45-37-38-67-61(39-45)70-55-33-20-36-59-62(55)63-56(70)41-48(42-60(63)72(59)57-34-16-12-29-51(57)66(4)52-30-13-17-35-58(52)72)71-47-26-18-25-46(40-47)68-53-31-14-15-32-54(53)69(5)64-49(43-21-8-6-9-22-43)27-19-28-50(64)44-23-10-7-11-24-44/h6-42,68H,1-5H3. The lowest BCUT2D eigenvalue weighted by atomic mass is 9.42. The summed E-state index contributed by atoms with van der Waals surface area (Å²) in [5.74, 6) is 2.46. The van der Waals surface area contributed by atoms with E-state index in [9.17, 15) is 0 Å². The smallest absolute Gasteiger partial charge is 0.206 e. The molecule has 9 aromatic carbocycles. The van der Waals surface area contributed by atoms with Crippen molar-refractivity contribution in [2.75, 3.05) is 17.3 Å². The third-order valence-corrected chi connectivity index (χ3v) is 20.3. The predicted molar refractivity (Wildman–Crippen MR) is 307 cm³/mol. The summed E-state index contributed by atoms with van der Waals surface area (Å²) in [5, 5.41) is 12.2. The Morgan fingerprint density at radius 2 is 1.14 bits per heavy atom. The van der Waals surface area contributed by atoms with Gasteiger partial charge in [0, 0.05) is 53.0 Å². The van der Waals surface area contributed by atoms with Crippen LogP contribution < -0.4 is 46.6 Å². The van der Waals surface area contributed by atoms with Crippen LogP contribution in [0.3, 0.4) is 0 Å². The fourth-order valence-electron chi connectivity index (χ4n) is 12.1. The van der Waals surface area contributed by atoms with Crippen molar-refractivity contribution in [3.63, 3.8) is 0 Å². The molecule has 1 spiro atoms. The maximum Gasteiger partial charge on any atom is 0.206 e. The van der Waals surface area contributed by atoms with Gasteiger partial charge in [0.05, 0.1) is 28.1 Å². The van der Waals surface area contributed by atoms with Gasteiger partial charge in [0.25, 0.3) is 0 Å². The second kappa shape index (κ2) is 16.9. The van der Waals surface area contributed by atoms with Crippen LogP contribution in [0.4, 0.5) is 22.7 Å². The Morgan fingerprint density at radius 1 is 0.542 bits per heavy atom. The minimum absolute atomic E-state index is 0.0476. The molecule has 0 saturated heterocycles. The van der Waals surface area contributed by atoms with E-state index in [-0.39, 0.29) is 12.1 Å². The fraction of sp³-hybridized carbons (Fsp3) is 0.0923. The zero-order valence-corrected chi connectivity index (χ0v) is 42.2. The molecule has 2 aliphatic rings. The second-order valence-corrected chi connectivity index (χ2v) is 24.1. The molecule has 1 N–H and O–H groups in total. The lowest BCUT2D eigenvalue weighted by Crippen LogP contribution is -2.84. The Labute approximate surface area is 423 Å². The molecule has 2 aliphatic heterocycles. The van der Waals surface area contributed by atoms with E-state index in [2.05, 4.69) is 268 Å². The van der Waals surface area contributed by atoms with Crippen LogP contribution in [0.2, 0.25) is 6.82 Å². The van der Waals surface area contributed by atoms with E-state index in [0.29, 0.717) is 0 Å². The summed E-state index contributed by atoms with van der Waals surface area (Å²) >= 11 is 0. The third-order valence-electron chi connectivity index (χ3n) is 15.3. The topological polar surface area (TPSA) is 42.3 Å². The van der Waals surface area contributed by atoms with Gasteiger partial charge in [-0.3, -0.25) is 4.57 Å². The highest BCUT2D eigenvalue weighted by atomic mass is 28.3. The summed E-state index contributed by atoms with van der Waals surface area (Å²) in [6.45, 7) is 9.46. The maximum absolute atomic E-state index is 7.20. The Morgan fingerprint density at radius 3 is 1.83 bits per heavy atom. The number of benzene rings is 9. The molecule has 5 nitrogen and oxygen atoms in total. The van der Waals surface area contributed by atoms with Gasteiger partial charge in [-0.05, 0) is 81.0 Å². The molecule has 0 amide bonds. The number of rotatable bonds is 9. The summed E-state index contributed by atoms with van der Waals surface area (Å²) in [5.41, 5.74) is 15.1. The molecule has 2 aromatic heterocycles. The zero-order valence-electron chi connectivity index (χ0n) is 41.2. The summed E-state index contributed by atoms with van der Waals surface area (Å²) in [7, 11) is -0.685. The average molecular weight is 945 g/mol. The van der Waals surface area contributed by atoms with Crippen molar-refractivity contribution in [1.82, 2.24) is 9.55 Å². The minimum atomic E-state index is -2.86. The lowest BCUT2D eigenvalue weighted by Gasteiger charge is -2.40. The monoisotopic (exact) mass is 944 g/mol. The molecule has 0 saturated carbocycles. The molecule has 0 radical (unpaired) electrons. The van der Waals surface area contributed by atoms with Crippen molar-refractivity contribution < 1.29 is 4.74 Å². The number of nitrogens with one attached hydrogen (secondary N) is 1. The van der Waals surface area contributed by atoms with Gasteiger partial charge in [-0.25, -0.2) is 4.98 Å². The summed E-state index contributed by atoms with van der Waals surface area (Å²) in [6, 6.07) is 79.5. The van der Waals surface area contributed by atoms with E-state index in [0.717, 1.165) is 56.7 Å². The minimum Gasteiger partial charge on any atom is -0.457 e. The number of anilines is 4. The molecule has 13 rings (SSSR count). The summed E-state index contributed by atoms with van der Waals surface area (Å²) in [6.07, 6.45) is 1.97. The molecule has 11 aromatic rings. The number of para-hydroxylation sites is 3. The van der Waals surface area contributed by atoms with Crippen LogP contribution in [-0.2, 0) is 5.41 Å². The van der Waals surface area contributed by atoms with Crippen molar-refractivity contribution in [1.29, 1.82) is 0 Å². The van der Waals surface area contributed by atoms with Crippen LogP contribution in [0.15, 0.2) is 225 Å². The van der Waals surface area contributed by atoms with Crippen LogP contribution >= 0.6 is 0 Å². The van der Waals surface area contributed by atoms with E-state index < -0.39 is 8.07 Å². The van der Waals surface area contributed by atoms with Crippen LogP contribution in [0.5, 0.6) is 11.5 Å². The van der Waals surface area contributed by atoms with Crippen molar-refractivity contribution in [2.24, 2.45) is 0 Å². The van der Waals surface area contributed by atoms with Gasteiger partial charge in [0.2, 0.25) is 6.71 Å². The summed E-state index contributed by atoms with van der Waals surface area (Å²) < 4.78 is 9.59. The molecule has 0 unspecified atom stereocenters. The van der Waals surface area contributed by atoms with Crippen molar-refractivity contribution in [3.8, 4) is 39.6 Å². The molecule has 4 heterocycles. The molecule has 72 heavy (non-hydrogen) atoms. The van der Waals surface area contributed by atoms with E-state index >= 15 is 0 Å². The molecule has 0 atom stereocenters. The highest BCUT2D eigenvalue weighted by Gasteiger charge is 2.53. The number of nitrogens with zero attached hydrogens (tertiary/aromatic N) is 3. The zero-order chi connectivity index (χ0) is 48.7. The van der Waals surface area contributed by atoms with E-state index in [4.69, 9.17) is 9.72 Å². The lowest BCUT2D eigenvalue weighted by molar-refractivity contribution is 0.484. The third kappa shape index (κ3) is 6.79. The maximum atomic E-state index is 7.20. The Bertz CT molecular complexity index is 3810. The van der Waals surface area contributed by atoms with Gasteiger partial charge in [0.15, 0.2) is 8.07 Å². The van der Waals surface area contributed by atoms with E-state index in [1.54, 1.807) is 0 Å². The van der Waals surface area contributed by atoms with E-state index in [1.807, 2.05) is 6.20 Å². The number of hydrogen-bond donors (Lipinski definition) is 1. The molecule has 0 bridgehead atoms. The first-order chi connectivity index (χ1) is 35.2. The average Bonchev–Trinajstić information content (AvgIpc) is 3.91. The molecular weight excluding hydrogens is 892 g/mol. The van der Waals surface area contributed by atoms with E-state index in [1.165, 1.54) is 64.7 Å². The number of aromatic nitrogens is 2. The van der Waals surface area contributed by atoms with Crippen molar-refractivity contribution >= 4 is 91.0 Å². The molecule has 0 aliphatic carbocycles. The highest BCUT2D eigenvalue weighted by Crippen LogP contribution is 2.45. The Balaban J connectivity index is 0.943. The second-order valence-electron chi connectivity index (χ2n) is 20.5. The number of fused-ring (bicyclic) bond motifs is 6. The largest absolute Gasteiger partial charge is 0.457 e. The highest BCUT2D eigenvalue weighted by molar-refractivity contribution is 7.28. The SMILES string of the molecule is CB1c2ccccc2[Si]2(c3ccccc31)c1cccc3c1c1c2cc(Oc2cccc(Nc4ccccc4N(C)c4c(-c5ccccc5)cccc4-c4ccccc4)c2)cc1n3-c1cc(C(C)(C)C)ccn1.